The molecular weight excluding hydrogens is 228 g/mol. The molecule has 0 amide bonds. The molecule has 2 aliphatic rings. The summed E-state index contributed by atoms with van der Waals surface area (Å²) in [4.78, 5) is 0. The fourth-order valence-electron chi connectivity index (χ4n) is 4.08. The summed E-state index contributed by atoms with van der Waals surface area (Å²) in [6.45, 7) is 6.29. The quantitative estimate of drug-likeness (QED) is 0.658. The average molecular weight is 254 g/mol. The number of aliphatic hydroxyl groups is 3. The van der Waals surface area contributed by atoms with Crippen LogP contribution in [-0.4, -0.2) is 33.6 Å². The van der Waals surface area contributed by atoms with E-state index < -0.39 is 18.3 Å². The lowest BCUT2D eigenvalue weighted by Gasteiger charge is -2.46. The molecule has 0 unspecified atom stereocenters. The Bertz CT molecular complexity index is 339. The van der Waals surface area contributed by atoms with Crippen LogP contribution in [0.2, 0.25) is 0 Å². The zero-order chi connectivity index (χ0) is 13.6. The second-order valence-corrected chi connectivity index (χ2v) is 6.64. The van der Waals surface area contributed by atoms with E-state index in [1.807, 2.05) is 0 Å². The Balaban J connectivity index is 2.35. The summed E-state index contributed by atoms with van der Waals surface area (Å²) in [6, 6.07) is 0. The van der Waals surface area contributed by atoms with Crippen LogP contribution in [0.15, 0.2) is 12.2 Å². The molecule has 1 saturated carbocycles. The predicted molar refractivity (Wildman–Crippen MR) is 71.0 cm³/mol. The second-order valence-electron chi connectivity index (χ2n) is 6.64. The zero-order valence-electron chi connectivity index (χ0n) is 11.6. The lowest BCUT2D eigenvalue weighted by Crippen LogP contribution is -2.52. The Morgan fingerprint density at radius 3 is 2.44 bits per heavy atom. The molecule has 3 nitrogen and oxygen atoms in total. The van der Waals surface area contributed by atoms with Crippen molar-refractivity contribution < 1.29 is 15.3 Å². The largest absolute Gasteiger partial charge is 0.393 e. The van der Waals surface area contributed by atoms with Crippen molar-refractivity contribution in [1.82, 2.24) is 0 Å². The maximum absolute atomic E-state index is 10.2. The fourth-order valence-corrected chi connectivity index (χ4v) is 4.08. The molecule has 104 valence electrons. The van der Waals surface area contributed by atoms with E-state index >= 15 is 0 Å². The summed E-state index contributed by atoms with van der Waals surface area (Å²) in [5.74, 6) is 1.66. The molecule has 0 aromatic carbocycles. The van der Waals surface area contributed by atoms with Crippen molar-refractivity contribution >= 4 is 0 Å². The van der Waals surface area contributed by atoms with E-state index in [4.69, 9.17) is 0 Å². The number of hydrogen-bond donors (Lipinski definition) is 3. The molecule has 2 rings (SSSR count). The summed E-state index contributed by atoms with van der Waals surface area (Å²) < 4.78 is 0. The Kier molecular flexibility index (Phi) is 3.60. The first kappa shape index (κ1) is 14.0. The molecule has 0 bridgehead atoms. The van der Waals surface area contributed by atoms with Crippen molar-refractivity contribution in [3.63, 3.8) is 0 Å². The average Bonchev–Trinajstić information content (AvgIpc) is 2.63. The van der Waals surface area contributed by atoms with E-state index in [-0.39, 0.29) is 5.41 Å². The number of aliphatic hydroxyl groups excluding tert-OH is 2. The Hall–Kier alpha value is -0.380. The van der Waals surface area contributed by atoms with E-state index in [0.717, 1.165) is 0 Å². The Morgan fingerprint density at radius 1 is 1.28 bits per heavy atom. The van der Waals surface area contributed by atoms with Crippen LogP contribution < -0.4 is 0 Å². The van der Waals surface area contributed by atoms with Crippen LogP contribution in [0.1, 0.15) is 40.0 Å². The van der Waals surface area contributed by atoms with E-state index in [9.17, 15) is 15.3 Å². The van der Waals surface area contributed by atoms with Gasteiger partial charge < -0.3 is 15.3 Å². The molecular formula is C15H26O3. The third kappa shape index (κ3) is 1.93. The van der Waals surface area contributed by atoms with Gasteiger partial charge in [0.1, 0.15) is 5.60 Å². The molecule has 1 spiro atoms. The SMILES string of the molecule is CC(C)[C@@H]1CC[C@H](C)[C@@]12C=C[C@@](O)(CO)[C@H](O)C2. The highest BCUT2D eigenvalue weighted by Crippen LogP contribution is 2.56. The van der Waals surface area contributed by atoms with Crippen molar-refractivity contribution in [3.8, 4) is 0 Å². The van der Waals surface area contributed by atoms with Crippen molar-refractivity contribution in [1.29, 1.82) is 0 Å². The maximum Gasteiger partial charge on any atom is 0.131 e. The monoisotopic (exact) mass is 254 g/mol. The molecule has 0 saturated heterocycles. The third-order valence-electron chi connectivity index (χ3n) is 5.38. The molecule has 5 atom stereocenters. The summed E-state index contributed by atoms with van der Waals surface area (Å²) in [6.07, 6.45) is 5.78. The van der Waals surface area contributed by atoms with Crippen LogP contribution in [0.3, 0.4) is 0 Å². The van der Waals surface area contributed by atoms with Crippen molar-refractivity contribution in [2.75, 3.05) is 6.61 Å². The smallest absolute Gasteiger partial charge is 0.131 e. The Morgan fingerprint density at radius 2 is 1.94 bits per heavy atom. The van der Waals surface area contributed by atoms with Gasteiger partial charge in [-0.3, -0.25) is 0 Å². The standard InChI is InChI=1S/C15H26O3/c1-10(2)12-5-4-11(3)14(12)6-7-15(18,9-16)13(17)8-14/h6-7,10-13,16-18H,4-5,8-9H2,1-3H3/t11-,12-,13+,14-,15+/m0/s1. The van der Waals surface area contributed by atoms with Gasteiger partial charge in [0.15, 0.2) is 0 Å². The minimum Gasteiger partial charge on any atom is -0.393 e. The van der Waals surface area contributed by atoms with E-state index in [0.29, 0.717) is 24.2 Å². The molecule has 3 N–H and O–H groups in total. The van der Waals surface area contributed by atoms with Gasteiger partial charge in [0.05, 0.1) is 12.7 Å². The molecule has 18 heavy (non-hydrogen) atoms. The molecule has 0 aliphatic heterocycles. The number of hydrogen-bond acceptors (Lipinski definition) is 3. The highest BCUT2D eigenvalue weighted by atomic mass is 16.4. The van der Waals surface area contributed by atoms with Crippen molar-refractivity contribution in [3.05, 3.63) is 12.2 Å². The van der Waals surface area contributed by atoms with Crippen LogP contribution in [0.25, 0.3) is 0 Å². The minimum absolute atomic E-state index is 0.00498. The van der Waals surface area contributed by atoms with Crippen LogP contribution >= 0.6 is 0 Å². The lowest BCUT2D eigenvalue weighted by molar-refractivity contribution is -0.103. The van der Waals surface area contributed by atoms with Gasteiger partial charge in [-0.05, 0) is 42.4 Å². The van der Waals surface area contributed by atoms with Gasteiger partial charge in [-0.1, -0.05) is 32.9 Å². The van der Waals surface area contributed by atoms with Gasteiger partial charge in [0.2, 0.25) is 0 Å². The van der Waals surface area contributed by atoms with Crippen LogP contribution in [-0.2, 0) is 0 Å². The first-order valence-corrected chi connectivity index (χ1v) is 7.07. The van der Waals surface area contributed by atoms with Crippen LogP contribution in [0, 0.1) is 23.2 Å². The third-order valence-corrected chi connectivity index (χ3v) is 5.38. The molecule has 0 radical (unpaired) electrons. The molecule has 1 fully saturated rings. The topological polar surface area (TPSA) is 60.7 Å². The summed E-state index contributed by atoms with van der Waals surface area (Å²) in [5.41, 5.74) is -1.45. The highest BCUT2D eigenvalue weighted by Gasteiger charge is 2.53. The van der Waals surface area contributed by atoms with Crippen molar-refractivity contribution in [2.45, 2.75) is 51.7 Å². The van der Waals surface area contributed by atoms with Gasteiger partial charge >= 0.3 is 0 Å². The first-order chi connectivity index (χ1) is 8.35. The van der Waals surface area contributed by atoms with E-state index in [1.54, 1.807) is 6.08 Å². The highest BCUT2D eigenvalue weighted by molar-refractivity contribution is 5.21. The van der Waals surface area contributed by atoms with Gasteiger partial charge in [-0.25, -0.2) is 0 Å². The van der Waals surface area contributed by atoms with Crippen molar-refractivity contribution in [2.24, 2.45) is 23.2 Å². The van der Waals surface area contributed by atoms with Crippen LogP contribution in [0.4, 0.5) is 0 Å². The fraction of sp³-hybridized carbons (Fsp3) is 0.867. The number of allylic oxidation sites excluding steroid dienone is 1. The van der Waals surface area contributed by atoms with E-state index in [2.05, 4.69) is 26.8 Å². The van der Waals surface area contributed by atoms with Gasteiger partial charge in [0.25, 0.3) is 0 Å². The minimum atomic E-state index is -1.45. The first-order valence-electron chi connectivity index (χ1n) is 7.07. The van der Waals surface area contributed by atoms with Gasteiger partial charge in [-0.2, -0.15) is 0 Å². The van der Waals surface area contributed by atoms with Crippen LogP contribution in [0.5, 0.6) is 0 Å². The maximum atomic E-state index is 10.2. The molecule has 3 heteroatoms. The lowest BCUT2D eigenvalue weighted by atomic mass is 9.61. The number of rotatable bonds is 2. The summed E-state index contributed by atoms with van der Waals surface area (Å²) in [7, 11) is 0. The Labute approximate surface area is 110 Å². The van der Waals surface area contributed by atoms with E-state index in [1.165, 1.54) is 12.8 Å². The summed E-state index contributed by atoms with van der Waals surface area (Å²) >= 11 is 0. The normalized spacial score (nSPS) is 48.3. The second kappa shape index (κ2) is 4.62. The molecule has 0 aromatic heterocycles. The molecule has 0 heterocycles. The molecule has 2 aliphatic carbocycles. The zero-order valence-corrected chi connectivity index (χ0v) is 11.6. The summed E-state index contributed by atoms with van der Waals surface area (Å²) in [5, 5.41) is 29.6. The predicted octanol–water partition coefficient (Wildman–Crippen LogP) is 1.72. The van der Waals surface area contributed by atoms with Gasteiger partial charge in [0, 0.05) is 0 Å². The molecule has 0 aromatic rings. The van der Waals surface area contributed by atoms with Gasteiger partial charge in [-0.15, -0.1) is 0 Å².